The molecular weight excluding hydrogens is 232 g/mol. The Bertz CT molecular complexity index is 293. The summed E-state index contributed by atoms with van der Waals surface area (Å²) in [6.07, 6.45) is 7.67. The van der Waals surface area contributed by atoms with E-state index in [9.17, 15) is 0 Å². The van der Waals surface area contributed by atoms with Gasteiger partial charge in [0, 0.05) is 19.1 Å². The number of nitrogens with one attached hydrogen (secondary N) is 1. The molecule has 0 amide bonds. The van der Waals surface area contributed by atoms with Crippen molar-refractivity contribution >= 4 is 0 Å². The standard InChI is InChI=1S/C17H32N2/c1-17(2,11-19(3)4)10-18-16-14-6-12-5-13(8-14)9-15(16)7-12/h12-16,18H,5-11H2,1-4H3. The summed E-state index contributed by atoms with van der Waals surface area (Å²) in [5.74, 6) is 4.20. The molecular formula is C17H32N2. The van der Waals surface area contributed by atoms with E-state index in [0.717, 1.165) is 29.7 Å². The Kier molecular flexibility index (Phi) is 3.68. The van der Waals surface area contributed by atoms with Crippen molar-refractivity contribution in [2.24, 2.45) is 29.1 Å². The van der Waals surface area contributed by atoms with E-state index in [1.54, 1.807) is 6.42 Å². The predicted molar refractivity (Wildman–Crippen MR) is 81.2 cm³/mol. The van der Waals surface area contributed by atoms with Crippen LogP contribution < -0.4 is 5.32 Å². The Morgan fingerprint density at radius 2 is 1.47 bits per heavy atom. The van der Waals surface area contributed by atoms with Crippen molar-refractivity contribution in [2.75, 3.05) is 27.2 Å². The second-order valence-corrected chi connectivity index (χ2v) is 8.74. The summed E-state index contributed by atoms with van der Waals surface area (Å²) in [7, 11) is 4.37. The molecule has 110 valence electrons. The van der Waals surface area contributed by atoms with Crippen molar-refractivity contribution < 1.29 is 0 Å². The van der Waals surface area contributed by atoms with Gasteiger partial charge in [-0.25, -0.2) is 0 Å². The molecule has 0 radical (unpaired) electrons. The number of nitrogens with zero attached hydrogens (tertiary/aromatic N) is 1. The third-order valence-corrected chi connectivity index (χ3v) is 5.79. The van der Waals surface area contributed by atoms with Crippen molar-refractivity contribution in [3.63, 3.8) is 0 Å². The first-order chi connectivity index (χ1) is 8.93. The molecule has 0 spiro atoms. The minimum absolute atomic E-state index is 0.387. The van der Waals surface area contributed by atoms with Crippen LogP contribution in [0, 0.1) is 29.1 Å². The third kappa shape index (κ3) is 3.00. The fraction of sp³-hybridized carbons (Fsp3) is 1.00. The lowest BCUT2D eigenvalue weighted by Gasteiger charge is -2.55. The van der Waals surface area contributed by atoms with Gasteiger partial charge < -0.3 is 10.2 Å². The molecule has 4 bridgehead atoms. The van der Waals surface area contributed by atoms with Gasteiger partial charge in [0.2, 0.25) is 0 Å². The summed E-state index contributed by atoms with van der Waals surface area (Å²) in [6, 6.07) is 0.842. The molecule has 0 aliphatic heterocycles. The minimum atomic E-state index is 0.387. The highest BCUT2D eigenvalue weighted by atomic mass is 15.1. The van der Waals surface area contributed by atoms with Crippen LogP contribution in [0.5, 0.6) is 0 Å². The molecule has 1 N–H and O–H groups in total. The molecule has 19 heavy (non-hydrogen) atoms. The summed E-state index contributed by atoms with van der Waals surface area (Å²) >= 11 is 0. The molecule has 0 saturated heterocycles. The zero-order valence-corrected chi connectivity index (χ0v) is 13.3. The van der Waals surface area contributed by atoms with Crippen LogP contribution in [0.1, 0.15) is 46.0 Å². The monoisotopic (exact) mass is 264 g/mol. The second kappa shape index (κ2) is 5.04. The summed E-state index contributed by atoms with van der Waals surface area (Å²) in [5.41, 5.74) is 0.387. The van der Waals surface area contributed by atoms with Crippen LogP contribution in [-0.4, -0.2) is 38.1 Å². The highest BCUT2D eigenvalue weighted by Crippen LogP contribution is 2.53. The van der Waals surface area contributed by atoms with Gasteiger partial charge in [-0.15, -0.1) is 0 Å². The van der Waals surface area contributed by atoms with E-state index < -0.39 is 0 Å². The Labute approximate surface area is 119 Å². The highest BCUT2D eigenvalue weighted by molar-refractivity contribution is 5.01. The van der Waals surface area contributed by atoms with Gasteiger partial charge >= 0.3 is 0 Å². The zero-order valence-electron chi connectivity index (χ0n) is 13.3. The molecule has 4 rings (SSSR count). The van der Waals surface area contributed by atoms with Gasteiger partial charge in [-0.1, -0.05) is 13.8 Å². The van der Waals surface area contributed by atoms with Gasteiger partial charge in [0.15, 0.2) is 0 Å². The van der Waals surface area contributed by atoms with E-state index in [1.807, 2.05) is 0 Å². The van der Waals surface area contributed by atoms with Gasteiger partial charge in [-0.05, 0) is 75.3 Å². The largest absolute Gasteiger partial charge is 0.313 e. The fourth-order valence-corrected chi connectivity index (χ4v) is 5.56. The molecule has 2 nitrogen and oxygen atoms in total. The van der Waals surface area contributed by atoms with Gasteiger partial charge in [0.05, 0.1) is 0 Å². The van der Waals surface area contributed by atoms with Crippen molar-refractivity contribution in [1.82, 2.24) is 10.2 Å². The van der Waals surface area contributed by atoms with Crippen molar-refractivity contribution in [3.8, 4) is 0 Å². The number of hydrogen-bond donors (Lipinski definition) is 1. The van der Waals surface area contributed by atoms with E-state index >= 15 is 0 Å². The van der Waals surface area contributed by atoms with Crippen LogP contribution >= 0.6 is 0 Å². The lowest BCUT2D eigenvalue weighted by Crippen LogP contribution is -2.56. The molecule has 2 heteroatoms. The summed E-state index contributed by atoms with van der Waals surface area (Å²) in [5, 5.41) is 3.98. The molecule has 4 aliphatic carbocycles. The number of rotatable bonds is 5. The Morgan fingerprint density at radius 3 is 1.95 bits per heavy atom. The number of hydrogen-bond acceptors (Lipinski definition) is 2. The average molecular weight is 264 g/mol. The van der Waals surface area contributed by atoms with Gasteiger partial charge in [0.25, 0.3) is 0 Å². The molecule has 0 atom stereocenters. The van der Waals surface area contributed by atoms with E-state index in [1.165, 1.54) is 38.8 Å². The highest BCUT2D eigenvalue weighted by Gasteiger charge is 2.48. The van der Waals surface area contributed by atoms with E-state index in [2.05, 4.69) is 38.2 Å². The summed E-state index contributed by atoms with van der Waals surface area (Å²) in [4.78, 5) is 2.32. The normalized spacial score (nSPS) is 41.2. The molecule has 0 aromatic heterocycles. The van der Waals surface area contributed by atoms with Crippen LogP contribution in [0.25, 0.3) is 0 Å². The first-order valence-corrected chi connectivity index (χ1v) is 8.31. The SMILES string of the molecule is CN(C)CC(C)(C)CNC1C2CC3CC(C2)CC1C3. The predicted octanol–water partition coefficient (Wildman–Crippen LogP) is 2.99. The molecule has 0 unspecified atom stereocenters. The maximum Gasteiger partial charge on any atom is 0.0124 e. The molecule has 4 fully saturated rings. The average Bonchev–Trinajstić information content (AvgIpc) is 2.24. The van der Waals surface area contributed by atoms with Crippen LogP contribution in [0.2, 0.25) is 0 Å². The Hall–Kier alpha value is -0.0800. The molecule has 4 aliphatic rings. The zero-order chi connectivity index (χ0) is 13.6. The van der Waals surface area contributed by atoms with E-state index in [-0.39, 0.29) is 0 Å². The first-order valence-electron chi connectivity index (χ1n) is 8.31. The van der Waals surface area contributed by atoms with Gasteiger partial charge in [-0.3, -0.25) is 0 Å². The quantitative estimate of drug-likeness (QED) is 0.821. The van der Waals surface area contributed by atoms with Crippen LogP contribution in [0.3, 0.4) is 0 Å². The lowest BCUT2D eigenvalue weighted by molar-refractivity contribution is -0.0170. The minimum Gasteiger partial charge on any atom is -0.313 e. The molecule has 0 aromatic carbocycles. The third-order valence-electron chi connectivity index (χ3n) is 5.79. The van der Waals surface area contributed by atoms with Gasteiger partial charge in [0.1, 0.15) is 0 Å². The Balaban J connectivity index is 1.56. The van der Waals surface area contributed by atoms with Crippen LogP contribution in [0.15, 0.2) is 0 Å². The van der Waals surface area contributed by atoms with Crippen molar-refractivity contribution in [2.45, 2.75) is 52.0 Å². The first kappa shape index (κ1) is 13.9. The lowest BCUT2D eigenvalue weighted by atomic mass is 9.54. The second-order valence-electron chi connectivity index (χ2n) is 8.74. The van der Waals surface area contributed by atoms with E-state index in [4.69, 9.17) is 0 Å². The maximum atomic E-state index is 3.98. The molecule has 0 aromatic rings. The maximum absolute atomic E-state index is 3.98. The topological polar surface area (TPSA) is 15.3 Å². The summed E-state index contributed by atoms with van der Waals surface area (Å²) in [6.45, 7) is 7.15. The Morgan fingerprint density at radius 1 is 0.947 bits per heavy atom. The van der Waals surface area contributed by atoms with Crippen molar-refractivity contribution in [3.05, 3.63) is 0 Å². The van der Waals surface area contributed by atoms with Crippen molar-refractivity contribution in [1.29, 1.82) is 0 Å². The fourth-order valence-electron chi connectivity index (χ4n) is 5.56. The smallest absolute Gasteiger partial charge is 0.0124 e. The summed E-state index contributed by atoms with van der Waals surface area (Å²) < 4.78 is 0. The van der Waals surface area contributed by atoms with E-state index in [0.29, 0.717) is 5.41 Å². The van der Waals surface area contributed by atoms with Crippen LogP contribution in [0.4, 0.5) is 0 Å². The van der Waals surface area contributed by atoms with Crippen LogP contribution in [-0.2, 0) is 0 Å². The molecule has 0 heterocycles. The van der Waals surface area contributed by atoms with Gasteiger partial charge in [-0.2, -0.15) is 0 Å². The molecule has 4 saturated carbocycles.